The van der Waals surface area contributed by atoms with Gasteiger partial charge in [0.2, 0.25) is 0 Å². The van der Waals surface area contributed by atoms with E-state index in [0.29, 0.717) is 17.9 Å². The van der Waals surface area contributed by atoms with Gasteiger partial charge in [0, 0.05) is 22.5 Å². The molecule has 18 heavy (non-hydrogen) atoms. The van der Waals surface area contributed by atoms with Gasteiger partial charge in [-0.3, -0.25) is 0 Å². The molecule has 0 fully saturated rings. The molecule has 0 spiro atoms. The Kier molecular flexibility index (Phi) is 4.33. The van der Waals surface area contributed by atoms with Crippen LogP contribution in [0.4, 0.5) is 0 Å². The lowest BCUT2D eigenvalue weighted by atomic mass is 9.85. The van der Waals surface area contributed by atoms with Crippen LogP contribution in [0, 0.1) is 11.8 Å². The number of benzene rings is 1. The highest BCUT2D eigenvalue weighted by atomic mass is 79.9. The Labute approximate surface area is 118 Å². The van der Waals surface area contributed by atoms with Crippen molar-refractivity contribution >= 4 is 15.9 Å². The van der Waals surface area contributed by atoms with E-state index in [1.807, 2.05) is 7.05 Å². The van der Waals surface area contributed by atoms with E-state index in [9.17, 15) is 0 Å². The average Bonchev–Trinajstić information content (AvgIpc) is 2.77. The van der Waals surface area contributed by atoms with Crippen LogP contribution >= 0.6 is 15.9 Å². The molecule has 2 nitrogen and oxygen atoms in total. The second-order valence-electron chi connectivity index (χ2n) is 5.45. The number of hydrogen-bond acceptors (Lipinski definition) is 2. The molecule has 1 heterocycles. The Balaban J connectivity index is 2.42. The van der Waals surface area contributed by atoms with Gasteiger partial charge in [0.15, 0.2) is 0 Å². The molecule has 1 aliphatic heterocycles. The zero-order valence-corrected chi connectivity index (χ0v) is 13.2. The van der Waals surface area contributed by atoms with E-state index >= 15 is 0 Å². The van der Waals surface area contributed by atoms with Crippen LogP contribution in [-0.4, -0.2) is 13.7 Å². The van der Waals surface area contributed by atoms with Gasteiger partial charge in [0.25, 0.3) is 0 Å². The van der Waals surface area contributed by atoms with Gasteiger partial charge in [-0.2, -0.15) is 0 Å². The normalized spacial score (nSPS) is 17.4. The van der Waals surface area contributed by atoms with Crippen LogP contribution < -0.4 is 10.1 Å². The molecule has 2 rings (SSSR count). The SMILES string of the molecule is CNC(c1cc(Br)cc2c1OCC2)C(C)C(C)C. The average molecular weight is 312 g/mol. The Hall–Kier alpha value is -0.540. The first kappa shape index (κ1) is 13.9. The summed E-state index contributed by atoms with van der Waals surface area (Å²) in [6.45, 7) is 7.65. The van der Waals surface area contributed by atoms with Gasteiger partial charge in [-0.1, -0.05) is 36.7 Å². The number of ether oxygens (including phenoxy) is 1. The maximum Gasteiger partial charge on any atom is 0.127 e. The van der Waals surface area contributed by atoms with Crippen LogP contribution in [0.5, 0.6) is 5.75 Å². The van der Waals surface area contributed by atoms with Crippen LogP contribution in [-0.2, 0) is 6.42 Å². The van der Waals surface area contributed by atoms with Crippen molar-refractivity contribution in [2.24, 2.45) is 11.8 Å². The molecule has 1 aliphatic rings. The maximum absolute atomic E-state index is 5.84. The second kappa shape index (κ2) is 5.62. The molecule has 100 valence electrons. The maximum atomic E-state index is 5.84. The zero-order chi connectivity index (χ0) is 13.3. The van der Waals surface area contributed by atoms with E-state index in [2.05, 4.69) is 54.2 Å². The zero-order valence-electron chi connectivity index (χ0n) is 11.6. The van der Waals surface area contributed by atoms with Crippen molar-refractivity contribution in [3.8, 4) is 5.75 Å². The summed E-state index contributed by atoms with van der Waals surface area (Å²) in [6, 6.07) is 4.72. The molecule has 0 aliphatic carbocycles. The van der Waals surface area contributed by atoms with Crippen LogP contribution in [0.25, 0.3) is 0 Å². The van der Waals surface area contributed by atoms with E-state index in [1.54, 1.807) is 0 Å². The van der Waals surface area contributed by atoms with Gasteiger partial charge in [0.1, 0.15) is 5.75 Å². The van der Waals surface area contributed by atoms with Gasteiger partial charge in [-0.15, -0.1) is 0 Å². The summed E-state index contributed by atoms with van der Waals surface area (Å²) in [7, 11) is 2.03. The Morgan fingerprint density at radius 1 is 1.28 bits per heavy atom. The minimum absolute atomic E-state index is 0.342. The highest BCUT2D eigenvalue weighted by Crippen LogP contribution is 2.40. The first-order chi connectivity index (χ1) is 8.54. The summed E-state index contributed by atoms with van der Waals surface area (Å²) in [5, 5.41) is 3.46. The van der Waals surface area contributed by atoms with E-state index in [1.165, 1.54) is 11.1 Å². The highest BCUT2D eigenvalue weighted by molar-refractivity contribution is 9.10. The third-order valence-corrected chi connectivity index (χ3v) is 4.46. The summed E-state index contributed by atoms with van der Waals surface area (Å²) in [5.74, 6) is 2.31. The third kappa shape index (κ3) is 2.57. The minimum Gasteiger partial charge on any atom is -0.493 e. The lowest BCUT2D eigenvalue weighted by molar-refractivity contribution is 0.300. The molecule has 2 unspecified atom stereocenters. The first-order valence-corrected chi connectivity index (χ1v) is 7.46. The molecule has 1 aromatic rings. The monoisotopic (exact) mass is 311 g/mol. The van der Waals surface area contributed by atoms with Crippen LogP contribution in [0.15, 0.2) is 16.6 Å². The van der Waals surface area contributed by atoms with Crippen molar-refractivity contribution in [3.63, 3.8) is 0 Å². The van der Waals surface area contributed by atoms with Crippen molar-refractivity contribution in [1.82, 2.24) is 5.32 Å². The van der Waals surface area contributed by atoms with Crippen LogP contribution in [0.2, 0.25) is 0 Å². The molecule has 2 atom stereocenters. The lowest BCUT2D eigenvalue weighted by Crippen LogP contribution is -2.27. The number of nitrogens with one attached hydrogen (secondary N) is 1. The van der Waals surface area contributed by atoms with Gasteiger partial charge >= 0.3 is 0 Å². The molecule has 3 heteroatoms. The predicted molar refractivity (Wildman–Crippen MR) is 79.1 cm³/mol. The molecule has 0 saturated carbocycles. The van der Waals surface area contributed by atoms with E-state index in [0.717, 1.165) is 23.2 Å². The molecule has 0 saturated heterocycles. The quantitative estimate of drug-likeness (QED) is 0.909. The van der Waals surface area contributed by atoms with Gasteiger partial charge in [-0.05, 0) is 36.6 Å². The van der Waals surface area contributed by atoms with Gasteiger partial charge in [0.05, 0.1) is 6.61 Å². The van der Waals surface area contributed by atoms with Crippen LogP contribution in [0.3, 0.4) is 0 Å². The molecule has 0 aromatic heterocycles. The highest BCUT2D eigenvalue weighted by Gasteiger charge is 2.27. The Morgan fingerprint density at radius 3 is 2.61 bits per heavy atom. The van der Waals surface area contributed by atoms with Crippen molar-refractivity contribution < 1.29 is 4.74 Å². The van der Waals surface area contributed by atoms with E-state index in [-0.39, 0.29) is 0 Å². The van der Waals surface area contributed by atoms with Crippen molar-refractivity contribution in [3.05, 3.63) is 27.7 Å². The molecule has 0 amide bonds. The van der Waals surface area contributed by atoms with Gasteiger partial charge < -0.3 is 10.1 Å². The molecular formula is C15H22BrNO. The Bertz CT molecular complexity index is 431. The Morgan fingerprint density at radius 2 is 2.00 bits per heavy atom. The number of rotatable bonds is 4. The number of fused-ring (bicyclic) bond motifs is 1. The fraction of sp³-hybridized carbons (Fsp3) is 0.600. The smallest absolute Gasteiger partial charge is 0.127 e. The molecular weight excluding hydrogens is 290 g/mol. The largest absolute Gasteiger partial charge is 0.493 e. The summed E-state index contributed by atoms with van der Waals surface area (Å²) in [6.07, 6.45) is 1.02. The fourth-order valence-corrected chi connectivity index (χ4v) is 3.14. The second-order valence-corrected chi connectivity index (χ2v) is 6.37. The van der Waals surface area contributed by atoms with Crippen molar-refractivity contribution in [2.45, 2.75) is 33.2 Å². The summed E-state index contributed by atoms with van der Waals surface area (Å²) in [4.78, 5) is 0. The van der Waals surface area contributed by atoms with E-state index < -0.39 is 0 Å². The van der Waals surface area contributed by atoms with Crippen molar-refractivity contribution in [2.75, 3.05) is 13.7 Å². The van der Waals surface area contributed by atoms with Crippen molar-refractivity contribution in [1.29, 1.82) is 0 Å². The van der Waals surface area contributed by atoms with Gasteiger partial charge in [-0.25, -0.2) is 0 Å². The lowest BCUT2D eigenvalue weighted by Gasteiger charge is -2.28. The van der Waals surface area contributed by atoms with Crippen LogP contribution in [0.1, 0.15) is 37.9 Å². The number of halogens is 1. The standard InChI is InChI=1S/C15H22BrNO/c1-9(2)10(3)14(17-4)13-8-12(16)7-11-5-6-18-15(11)13/h7-10,14,17H,5-6H2,1-4H3. The third-order valence-electron chi connectivity index (χ3n) is 4.00. The molecule has 0 bridgehead atoms. The summed E-state index contributed by atoms with van der Waals surface area (Å²) in [5.41, 5.74) is 2.62. The summed E-state index contributed by atoms with van der Waals surface area (Å²) < 4.78 is 6.99. The molecule has 0 radical (unpaired) electrons. The first-order valence-electron chi connectivity index (χ1n) is 6.67. The summed E-state index contributed by atoms with van der Waals surface area (Å²) >= 11 is 3.62. The van der Waals surface area contributed by atoms with E-state index in [4.69, 9.17) is 4.74 Å². The molecule has 1 N–H and O–H groups in total. The topological polar surface area (TPSA) is 21.3 Å². The fourth-order valence-electron chi connectivity index (χ4n) is 2.62. The molecule has 1 aromatic carbocycles. The minimum atomic E-state index is 0.342. The number of hydrogen-bond donors (Lipinski definition) is 1. The predicted octanol–water partition coefficient (Wildman–Crippen LogP) is 3.94.